The number of ether oxygens (including phenoxy) is 1. The van der Waals surface area contributed by atoms with Crippen molar-refractivity contribution < 1.29 is 35.9 Å². The molecule has 2 aromatic rings. The van der Waals surface area contributed by atoms with Crippen molar-refractivity contribution in [2.75, 3.05) is 45.0 Å². The maximum Gasteiger partial charge on any atom is 0.573 e. The van der Waals surface area contributed by atoms with Gasteiger partial charge in [-0.05, 0) is 88.0 Å². The van der Waals surface area contributed by atoms with Crippen molar-refractivity contribution in [1.82, 2.24) is 15.5 Å². The number of hydrogen-bond donors (Lipinski definition) is 3. The van der Waals surface area contributed by atoms with E-state index in [0.717, 1.165) is 23.4 Å². The van der Waals surface area contributed by atoms with Gasteiger partial charge in [-0.2, -0.15) is 0 Å². The Bertz CT molecular complexity index is 1320. The Morgan fingerprint density at radius 1 is 1.10 bits per heavy atom. The molecule has 2 aromatic carbocycles. The van der Waals surface area contributed by atoms with Gasteiger partial charge < -0.3 is 25.6 Å². The predicted molar refractivity (Wildman–Crippen MR) is 152 cm³/mol. The van der Waals surface area contributed by atoms with Crippen LogP contribution in [0.3, 0.4) is 0 Å². The van der Waals surface area contributed by atoms with E-state index in [1.54, 1.807) is 24.3 Å². The van der Waals surface area contributed by atoms with Gasteiger partial charge >= 0.3 is 6.36 Å². The Hall–Kier alpha value is -2.97. The number of nitrogens with one attached hydrogen (secondary N) is 3. The van der Waals surface area contributed by atoms with Gasteiger partial charge in [-0.15, -0.1) is 24.9 Å². The van der Waals surface area contributed by atoms with Crippen LogP contribution in [0.25, 0.3) is 0 Å². The summed E-state index contributed by atoms with van der Waals surface area (Å²) in [5.74, 6) is -2.37. The number of sulfone groups is 1. The summed E-state index contributed by atoms with van der Waals surface area (Å²) in [6.07, 6.45) is -1.15. The number of nitrogens with zero attached hydrogens (tertiary/aromatic N) is 1. The summed E-state index contributed by atoms with van der Waals surface area (Å²) in [6.45, 7) is -0.453. The zero-order chi connectivity index (χ0) is 30.4. The number of amides is 2. The van der Waals surface area contributed by atoms with Gasteiger partial charge in [0.1, 0.15) is 5.75 Å². The van der Waals surface area contributed by atoms with Crippen molar-refractivity contribution in [1.29, 1.82) is 0 Å². The summed E-state index contributed by atoms with van der Waals surface area (Å²) >= 11 is 1.51. The lowest BCUT2D eigenvalue weighted by Crippen LogP contribution is -2.52. The Kier molecular flexibility index (Phi) is 11.0. The lowest BCUT2D eigenvalue weighted by atomic mass is 9.82. The fourth-order valence-electron chi connectivity index (χ4n) is 4.86. The molecular weight excluding hydrogens is 581 g/mol. The first-order valence-electron chi connectivity index (χ1n) is 12.9. The highest BCUT2D eigenvalue weighted by molar-refractivity contribution is 7.98. The van der Waals surface area contributed by atoms with Gasteiger partial charge in [0, 0.05) is 29.7 Å². The molecule has 0 aliphatic heterocycles. The number of anilines is 1. The number of benzene rings is 2. The quantitative estimate of drug-likeness (QED) is 0.327. The molecule has 0 saturated heterocycles. The van der Waals surface area contributed by atoms with Crippen LogP contribution in [0, 0.1) is 5.92 Å². The second-order valence-corrected chi connectivity index (χ2v) is 12.9. The Balaban J connectivity index is 1.69. The summed E-state index contributed by atoms with van der Waals surface area (Å²) in [7, 11) is 1.72. The summed E-state index contributed by atoms with van der Waals surface area (Å²) in [6, 6.07) is 9.62. The number of rotatable bonds is 11. The maximum atomic E-state index is 13.2. The molecule has 9 nitrogen and oxygen atoms in total. The summed E-state index contributed by atoms with van der Waals surface area (Å²) in [5.41, 5.74) is 0.109. The minimum atomic E-state index is -4.93. The van der Waals surface area contributed by atoms with Crippen LogP contribution in [0.4, 0.5) is 18.9 Å². The Morgan fingerprint density at radius 3 is 2.37 bits per heavy atom. The summed E-state index contributed by atoms with van der Waals surface area (Å²) in [4.78, 5) is 28.9. The van der Waals surface area contributed by atoms with Gasteiger partial charge in [-0.1, -0.05) is 0 Å². The fraction of sp³-hybridized carbons (Fsp3) is 0.481. The lowest BCUT2D eigenvalue weighted by Gasteiger charge is -2.39. The zero-order valence-corrected chi connectivity index (χ0v) is 24.9. The van der Waals surface area contributed by atoms with Gasteiger partial charge in [0.2, 0.25) is 5.91 Å². The largest absolute Gasteiger partial charge is 0.573 e. The Labute approximate surface area is 242 Å². The van der Waals surface area contributed by atoms with E-state index < -0.39 is 46.4 Å². The van der Waals surface area contributed by atoms with E-state index in [1.807, 2.05) is 25.3 Å². The van der Waals surface area contributed by atoms with Crippen LogP contribution in [0.2, 0.25) is 0 Å². The van der Waals surface area contributed by atoms with Crippen molar-refractivity contribution in [3.63, 3.8) is 0 Å². The average molecular weight is 617 g/mol. The second kappa shape index (κ2) is 13.8. The lowest BCUT2D eigenvalue weighted by molar-refractivity contribution is -0.274. The van der Waals surface area contributed by atoms with Gasteiger partial charge in [0.05, 0.1) is 22.8 Å². The molecule has 3 N–H and O–H groups in total. The van der Waals surface area contributed by atoms with E-state index in [9.17, 15) is 31.2 Å². The molecule has 1 fully saturated rings. The van der Waals surface area contributed by atoms with Crippen LogP contribution in [-0.4, -0.2) is 83.3 Å². The number of carbonyl (C=O) groups excluding carboxylic acids is 2. The molecule has 226 valence electrons. The standard InChI is InChI=1S/C27H35F3N4O5S2/c1-31-23-12-7-19(39-27(28,29)30)14-22(23)26(36)32-15-25(35)33-24-13-18(34(2)3)6-5-17(24)16-41(37,38)21-10-8-20(40-4)9-11-21/h7-12,14,17-18,24,31H,5-6,13,15-16H2,1-4H3,(H,32,36)(H,33,35)/t17-,18+,24-/m0/s1. The molecule has 1 aliphatic rings. The van der Waals surface area contributed by atoms with Gasteiger partial charge in [0.15, 0.2) is 9.84 Å². The van der Waals surface area contributed by atoms with E-state index in [2.05, 4.69) is 20.7 Å². The third-order valence-corrected chi connectivity index (χ3v) is 9.64. The van der Waals surface area contributed by atoms with Crippen molar-refractivity contribution in [2.45, 2.75) is 47.5 Å². The fourth-order valence-corrected chi connectivity index (χ4v) is 6.97. The average Bonchev–Trinajstić information content (AvgIpc) is 2.91. The van der Waals surface area contributed by atoms with Crippen LogP contribution in [0.15, 0.2) is 52.3 Å². The van der Waals surface area contributed by atoms with E-state index in [-0.39, 0.29) is 33.9 Å². The van der Waals surface area contributed by atoms with Crippen molar-refractivity contribution in [2.24, 2.45) is 5.92 Å². The van der Waals surface area contributed by atoms with Gasteiger partial charge in [-0.25, -0.2) is 8.42 Å². The van der Waals surface area contributed by atoms with Crippen molar-refractivity contribution >= 4 is 39.1 Å². The molecule has 1 aliphatic carbocycles. The molecule has 0 heterocycles. The van der Waals surface area contributed by atoms with E-state index in [0.29, 0.717) is 12.8 Å². The molecule has 3 atom stereocenters. The SMILES string of the molecule is CNc1ccc(OC(F)(F)F)cc1C(=O)NCC(=O)N[C@H]1C[C@H](N(C)C)CC[C@H]1CS(=O)(=O)c1ccc(SC)cc1. The molecular formula is C27H35F3N4O5S2. The van der Waals surface area contributed by atoms with Gasteiger partial charge in [-0.3, -0.25) is 9.59 Å². The zero-order valence-electron chi connectivity index (χ0n) is 23.2. The van der Waals surface area contributed by atoms with Crippen LogP contribution in [0.1, 0.15) is 29.6 Å². The molecule has 0 aromatic heterocycles. The molecule has 0 unspecified atom stereocenters. The Morgan fingerprint density at radius 2 is 1.78 bits per heavy atom. The number of thioether (sulfide) groups is 1. The van der Waals surface area contributed by atoms with Crippen LogP contribution < -0.4 is 20.7 Å². The van der Waals surface area contributed by atoms with E-state index in [4.69, 9.17) is 0 Å². The molecule has 0 radical (unpaired) electrons. The maximum absolute atomic E-state index is 13.2. The normalized spacial score (nSPS) is 19.5. The number of halogens is 3. The number of carbonyl (C=O) groups is 2. The van der Waals surface area contributed by atoms with Crippen molar-refractivity contribution in [3.05, 3.63) is 48.0 Å². The molecule has 0 bridgehead atoms. The first kappa shape index (κ1) is 32.5. The minimum Gasteiger partial charge on any atom is -0.406 e. The van der Waals surface area contributed by atoms with Crippen molar-refractivity contribution in [3.8, 4) is 5.75 Å². The van der Waals surface area contributed by atoms with Crippen LogP contribution >= 0.6 is 11.8 Å². The molecule has 41 heavy (non-hydrogen) atoms. The highest BCUT2D eigenvalue weighted by Crippen LogP contribution is 2.31. The monoisotopic (exact) mass is 616 g/mol. The van der Waals surface area contributed by atoms with E-state index >= 15 is 0 Å². The molecule has 1 saturated carbocycles. The summed E-state index contributed by atoms with van der Waals surface area (Å²) in [5, 5.41) is 8.04. The van der Waals surface area contributed by atoms with Gasteiger partial charge in [0.25, 0.3) is 5.91 Å². The number of alkyl halides is 3. The minimum absolute atomic E-state index is 0.129. The summed E-state index contributed by atoms with van der Waals surface area (Å²) < 4.78 is 68.3. The first-order valence-corrected chi connectivity index (χ1v) is 15.8. The topological polar surface area (TPSA) is 117 Å². The van der Waals surface area contributed by atoms with Crippen LogP contribution in [0.5, 0.6) is 5.75 Å². The predicted octanol–water partition coefficient (Wildman–Crippen LogP) is 3.77. The highest BCUT2D eigenvalue weighted by atomic mass is 32.2. The molecule has 0 spiro atoms. The van der Waals surface area contributed by atoms with Crippen LogP contribution in [-0.2, 0) is 14.6 Å². The highest BCUT2D eigenvalue weighted by Gasteiger charge is 2.36. The van der Waals surface area contributed by atoms with E-state index in [1.165, 1.54) is 24.9 Å². The molecule has 3 rings (SSSR count). The molecule has 2 amide bonds. The second-order valence-electron chi connectivity index (χ2n) is 10.0. The third-order valence-electron chi connectivity index (χ3n) is 7.04. The molecule has 14 heteroatoms. The number of hydrogen-bond acceptors (Lipinski definition) is 8. The third kappa shape index (κ3) is 9.27. The first-order chi connectivity index (χ1) is 19.2. The smallest absolute Gasteiger partial charge is 0.406 e.